The predicted octanol–water partition coefficient (Wildman–Crippen LogP) is 3.39. The van der Waals surface area contributed by atoms with Crippen LogP contribution in [0, 0.1) is 11.7 Å². The highest BCUT2D eigenvalue weighted by Gasteiger charge is 2.40. The molecule has 27 heavy (non-hydrogen) atoms. The Morgan fingerprint density at radius 3 is 2.63 bits per heavy atom. The number of hydrogen-bond donors (Lipinski definition) is 2. The maximum atomic E-state index is 13.2. The van der Waals surface area contributed by atoms with Crippen LogP contribution >= 0.6 is 0 Å². The molecule has 4 nitrogen and oxygen atoms in total. The van der Waals surface area contributed by atoms with E-state index < -0.39 is 0 Å². The summed E-state index contributed by atoms with van der Waals surface area (Å²) in [5.41, 5.74) is 9.18. The van der Waals surface area contributed by atoms with Gasteiger partial charge in [-0.1, -0.05) is 36.4 Å². The van der Waals surface area contributed by atoms with Gasteiger partial charge in [-0.15, -0.1) is 0 Å². The normalized spacial score (nSPS) is 25.6. The van der Waals surface area contributed by atoms with Crippen LogP contribution in [0.3, 0.4) is 0 Å². The molecular formula is C22H26FN3O. The van der Waals surface area contributed by atoms with E-state index in [-0.39, 0.29) is 11.9 Å². The number of rotatable bonds is 5. The molecule has 4 rings (SSSR count). The standard InChI is InChI=1S/C22H26FN3O/c1-27-19-10-4-16(5-11-19)3-2-13-26-14-12-21-20(15-26)22(25-24-21)17-6-8-18(23)9-7-17/h2-11,20-22,24-25H,12-15H2,1H3/b3-2+. The predicted molar refractivity (Wildman–Crippen MR) is 106 cm³/mol. The average Bonchev–Trinajstić information content (AvgIpc) is 3.12. The highest BCUT2D eigenvalue weighted by molar-refractivity contribution is 5.50. The van der Waals surface area contributed by atoms with Crippen LogP contribution in [0.25, 0.3) is 6.08 Å². The number of benzene rings is 2. The largest absolute Gasteiger partial charge is 0.497 e. The molecule has 3 unspecified atom stereocenters. The van der Waals surface area contributed by atoms with Gasteiger partial charge in [0.25, 0.3) is 0 Å². The van der Waals surface area contributed by atoms with Crippen LogP contribution in [0.4, 0.5) is 4.39 Å². The maximum absolute atomic E-state index is 13.2. The summed E-state index contributed by atoms with van der Waals surface area (Å²) < 4.78 is 18.4. The average molecular weight is 367 g/mol. The number of likely N-dealkylation sites (tertiary alicyclic amines) is 1. The van der Waals surface area contributed by atoms with E-state index in [1.807, 2.05) is 24.3 Å². The van der Waals surface area contributed by atoms with Crippen LogP contribution in [-0.4, -0.2) is 37.7 Å². The van der Waals surface area contributed by atoms with Gasteiger partial charge in [0.05, 0.1) is 13.2 Å². The third-order valence-electron chi connectivity index (χ3n) is 5.61. The molecule has 142 valence electrons. The molecule has 0 amide bonds. The zero-order chi connectivity index (χ0) is 18.6. The molecule has 0 aliphatic carbocycles. The minimum atomic E-state index is -0.185. The van der Waals surface area contributed by atoms with Gasteiger partial charge in [0.15, 0.2) is 0 Å². The zero-order valence-corrected chi connectivity index (χ0v) is 15.6. The topological polar surface area (TPSA) is 36.5 Å². The van der Waals surface area contributed by atoms with Crippen molar-refractivity contribution in [1.29, 1.82) is 0 Å². The number of nitrogens with zero attached hydrogens (tertiary/aromatic N) is 1. The smallest absolute Gasteiger partial charge is 0.123 e. The van der Waals surface area contributed by atoms with Crippen LogP contribution in [-0.2, 0) is 0 Å². The molecule has 2 aromatic carbocycles. The molecule has 0 radical (unpaired) electrons. The number of hydrogen-bond acceptors (Lipinski definition) is 4. The zero-order valence-electron chi connectivity index (χ0n) is 15.6. The molecule has 2 aliphatic heterocycles. The van der Waals surface area contributed by atoms with Crippen molar-refractivity contribution in [3.05, 3.63) is 71.6 Å². The van der Waals surface area contributed by atoms with Gasteiger partial charge in [0, 0.05) is 31.6 Å². The van der Waals surface area contributed by atoms with Gasteiger partial charge in [-0.25, -0.2) is 9.82 Å². The summed E-state index contributed by atoms with van der Waals surface area (Å²) in [5, 5.41) is 0. The van der Waals surface area contributed by atoms with E-state index in [0.717, 1.165) is 37.4 Å². The van der Waals surface area contributed by atoms with Crippen molar-refractivity contribution in [2.24, 2.45) is 5.92 Å². The third-order valence-corrected chi connectivity index (χ3v) is 5.61. The fraction of sp³-hybridized carbons (Fsp3) is 0.364. The molecule has 2 aliphatic rings. The molecule has 0 bridgehead atoms. The van der Waals surface area contributed by atoms with E-state index in [1.54, 1.807) is 19.2 Å². The Morgan fingerprint density at radius 2 is 1.89 bits per heavy atom. The van der Waals surface area contributed by atoms with Gasteiger partial charge in [-0.3, -0.25) is 10.3 Å². The fourth-order valence-corrected chi connectivity index (χ4v) is 4.09. The molecule has 2 heterocycles. The summed E-state index contributed by atoms with van der Waals surface area (Å²) >= 11 is 0. The Kier molecular flexibility index (Phi) is 5.53. The van der Waals surface area contributed by atoms with E-state index in [9.17, 15) is 4.39 Å². The first-order valence-corrected chi connectivity index (χ1v) is 9.52. The van der Waals surface area contributed by atoms with Crippen molar-refractivity contribution < 1.29 is 9.13 Å². The lowest BCUT2D eigenvalue weighted by atomic mass is 9.85. The lowest BCUT2D eigenvalue weighted by Gasteiger charge is -2.35. The molecule has 5 heteroatoms. The maximum Gasteiger partial charge on any atom is 0.123 e. The summed E-state index contributed by atoms with van der Waals surface area (Å²) in [5.74, 6) is 1.18. The van der Waals surface area contributed by atoms with E-state index in [1.165, 1.54) is 5.56 Å². The number of nitrogens with one attached hydrogen (secondary N) is 2. The van der Waals surface area contributed by atoms with E-state index in [2.05, 4.69) is 40.0 Å². The van der Waals surface area contributed by atoms with Gasteiger partial charge >= 0.3 is 0 Å². The van der Waals surface area contributed by atoms with E-state index in [4.69, 9.17) is 4.74 Å². The lowest BCUT2D eigenvalue weighted by Crippen LogP contribution is -2.45. The van der Waals surface area contributed by atoms with Crippen molar-refractivity contribution in [3.8, 4) is 5.75 Å². The van der Waals surface area contributed by atoms with Crippen molar-refractivity contribution in [2.75, 3.05) is 26.7 Å². The number of halogens is 1. The molecular weight excluding hydrogens is 341 g/mol. The Hall–Kier alpha value is -2.21. The molecule has 0 saturated carbocycles. The number of methoxy groups -OCH3 is 1. The van der Waals surface area contributed by atoms with Crippen molar-refractivity contribution in [2.45, 2.75) is 18.5 Å². The minimum absolute atomic E-state index is 0.185. The summed E-state index contributed by atoms with van der Waals surface area (Å²) in [4.78, 5) is 2.49. The first-order chi connectivity index (χ1) is 13.2. The van der Waals surface area contributed by atoms with Crippen molar-refractivity contribution in [3.63, 3.8) is 0 Å². The number of piperidine rings is 1. The third kappa shape index (κ3) is 4.21. The lowest BCUT2D eigenvalue weighted by molar-refractivity contribution is 0.169. The minimum Gasteiger partial charge on any atom is -0.497 e. The molecule has 2 aromatic rings. The highest BCUT2D eigenvalue weighted by Crippen LogP contribution is 2.33. The van der Waals surface area contributed by atoms with Gasteiger partial charge in [-0.2, -0.15) is 0 Å². The number of hydrazine groups is 1. The van der Waals surface area contributed by atoms with Crippen LogP contribution in [0.1, 0.15) is 23.6 Å². The molecule has 3 atom stereocenters. The monoisotopic (exact) mass is 367 g/mol. The molecule has 2 N–H and O–H groups in total. The fourth-order valence-electron chi connectivity index (χ4n) is 4.09. The quantitative estimate of drug-likeness (QED) is 0.849. The molecule has 0 aromatic heterocycles. The van der Waals surface area contributed by atoms with E-state index in [0.29, 0.717) is 12.0 Å². The first-order valence-electron chi connectivity index (χ1n) is 9.52. The number of ether oxygens (including phenoxy) is 1. The molecule has 2 fully saturated rings. The van der Waals surface area contributed by atoms with Gasteiger partial charge in [-0.05, 0) is 41.8 Å². The first kappa shape index (κ1) is 18.2. The second kappa shape index (κ2) is 8.21. The van der Waals surface area contributed by atoms with Crippen LogP contribution in [0.2, 0.25) is 0 Å². The summed E-state index contributed by atoms with van der Waals surface area (Å²) in [6.45, 7) is 3.05. The summed E-state index contributed by atoms with van der Waals surface area (Å²) in [6, 6.07) is 15.7. The summed E-state index contributed by atoms with van der Waals surface area (Å²) in [6.07, 6.45) is 5.50. The Morgan fingerprint density at radius 1 is 1.11 bits per heavy atom. The molecule has 2 saturated heterocycles. The van der Waals surface area contributed by atoms with Crippen LogP contribution in [0.15, 0.2) is 54.6 Å². The number of fused-ring (bicyclic) bond motifs is 1. The van der Waals surface area contributed by atoms with Crippen molar-refractivity contribution >= 4 is 6.08 Å². The Balaban J connectivity index is 1.36. The molecule has 0 spiro atoms. The van der Waals surface area contributed by atoms with Gasteiger partial charge < -0.3 is 4.74 Å². The van der Waals surface area contributed by atoms with Gasteiger partial charge in [0.2, 0.25) is 0 Å². The Labute approximate surface area is 160 Å². The Bertz CT molecular complexity index is 775. The van der Waals surface area contributed by atoms with Crippen molar-refractivity contribution in [1.82, 2.24) is 15.8 Å². The second-order valence-electron chi connectivity index (χ2n) is 7.31. The summed E-state index contributed by atoms with van der Waals surface area (Å²) in [7, 11) is 1.68. The second-order valence-corrected chi connectivity index (χ2v) is 7.31. The van der Waals surface area contributed by atoms with E-state index >= 15 is 0 Å². The highest BCUT2D eigenvalue weighted by atomic mass is 19.1. The SMILES string of the molecule is COc1ccc(/C=C/CN2CCC3NNC(c4ccc(F)cc4)C3C2)cc1. The van der Waals surface area contributed by atoms with Crippen LogP contribution in [0.5, 0.6) is 5.75 Å². The van der Waals surface area contributed by atoms with Crippen LogP contribution < -0.4 is 15.6 Å². The van der Waals surface area contributed by atoms with Gasteiger partial charge in [0.1, 0.15) is 11.6 Å².